The Hall–Kier alpha value is -1.91. The third kappa shape index (κ3) is 3.54. The van der Waals surface area contributed by atoms with Crippen LogP contribution in [0.3, 0.4) is 0 Å². The molecule has 0 saturated carbocycles. The lowest BCUT2D eigenvalue weighted by Gasteiger charge is -2.44. The van der Waals surface area contributed by atoms with Crippen LogP contribution < -0.4 is 0 Å². The van der Waals surface area contributed by atoms with Gasteiger partial charge in [-0.25, -0.2) is 4.79 Å². The number of hydrogen-bond acceptors (Lipinski definition) is 4. The maximum absolute atomic E-state index is 12.6. The van der Waals surface area contributed by atoms with E-state index in [4.69, 9.17) is 4.74 Å². The predicted octanol–water partition coefficient (Wildman–Crippen LogP) is 3.73. The topological polar surface area (TPSA) is 55.3 Å². The van der Waals surface area contributed by atoms with Gasteiger partial charge in [-0.15, -0.1) is 0 Å². The molecule has 23 heavy (non-hydrogen) atoms. The van der Waals surface area contributed by atoms with Crippen molar-refractivity contribution >= 4 is 11.7 Å². The van der Waals surface area contributed by atoms with Gasteiger partial charge in [-0.2, -0.15) is 0 Å². The van der Waals surface area contributed by atoms with Crippen LogP contribution in [0.4, 0.5) is 4.79 Å². The van der Waals surface area contributed by atoms with Gasteiger partial charge in [-0.1, -0.05) is 6.08 Å². The van der Waals surface area contributed by atoms with Gasteiger partial charge >= 0.3 is 6.09 Å². The molecule has 2 bridgehead atoms. The van der Waals surface area contributed by atoms with Gasteiger partial charge in [0.25, 0.3) is 0 Å². The van der Waals surface area contributed by atoms with Crippen molar-refractivity contribution in [2.75, 3.05) is 0 Å². The molecule has 5 nitrogen and oxygen atoms in total. The van der Waals surface area contributed by atoms with E-state index in [1.165, 1.54) is 5.57 Å². The summed E-state index contributed by atoms with van der Waals surface area (Å²) in [5.74, 6) is 0. The van der Waals surface area contributed by atoms with Crippen molar-refractivity contribution in [2.45, 2.75) is 71.1 Å². The number of amides is 1. The number of ether oxygens (including phenoxy) is 1. The third-order valence-electron chi connectivity index (χ3n) is 4.33. The van der Waals surface area contributed by atoms with E-state index < -0.39 is 5.60 Å². The standard InChI is InChI=1S/C18H25N3O2/c1-12-10-19-11-16(20-12)13-8-14-6-5-7-15(9-13)21(14)17(22)23-18(2,3)4/h8,10-11,14-15H,5-7,9H2,1-4H3. The second-order valence-corrected chi connectivity index (χ2v) is 7.48. The quantitative estimate of drug-likeness (QED) is 0.792. The molecule has 0 N–H and O–H groups in total. The molecule has 1 amide bonds. The number of aryl methyl sites for hydroxylation is 1. The summed E-state index contributed by atoms with van der Waals surface area (Å²) in [7, 11) is 0. The lowest BCUT2D eigenvalue weighted by molar-refractivity contribution is 0.0000646. The number of hydrogen-bond donors (Lipinski definition) is 0. The average Bonchev–Trinajstić information content (AvgIpc) is 2.44. The van der Waals surface area contributed by atoms with Crippen molar-refractivity contribution in [1.82, 2.24) is 14.9 Å². The molecule has 1 aromatic heterocycles. The van der Waals surface area contributed by atoms with Gasteiger partial charge in [0.05, 0.1) is 23.6 Å². The van der Waals surface area contributed by atoms with E-state index in [0.717, 1.165) is 37.1 Å². The molecular weight excluding hydrogens is 290 g/mol. The summed E-state index contributed by atoms with van der Waals surface area (Å²) >= 11 is 0. The van der Waals surface area contributed by atoms with Gasteiger partial charge < -0.3 is 4.74 Å². The van der Waals surface area contributed by atoms with Crippen LogP contribution in [0.1, 0.15) is 57.8 Å². The van der Waals surface area contributed by atoms with Gasteiger partial charge in [-0.3, -0.25) is 14.9 Å². The smallest absolute Gasteiger partial charge is 0.411 e. The van der Waals surface area contributed by atoms with Crippen molar-refractivity contribution < 1.29 is 9.53 Å². The lowest BCUT2D eigenvalue weighted by atomic mass is 9.84. The van der Waals surface area contributed by atoms with E-state index >= 15 is 0 Å². The molecule has 2 aliphatic rings. The number of aromatic nitrogens is 2. The first kappa shape index (κ1) is 16.0. The van der Waals surface area contributed by atoms with Crippen molar-refractivity contribution in [1.29, 1.82) is 0 Å². The zero-order chi connectivity index (χ0) is 16.6. The summed E-state index contributed by atoms with van der Waals surface area (Å²) in [6, 6.07) is 0.306. The Kier molecular flexibility index (Phi) is 4.13. The molecule has 2 aliphatic heterocycles. The van der Waals surface area contributed by atoms with Gasteiger partial charge in [0.15, 0.2) is 0 Å². The number of carbonyl (C=O) groups excluding carboxylic acids is 1. The van der Waals surface area contributed by atoms with E-state index in [1.54, 1.807) is 6.20 Å². The summed E-state index contributed by atoms with van der Waals surface area (Å²) in [6.07, 6.45) is 9.55. The van der Waals surface area contributed by atoms with Crippen molar-refractivity contribution in [3.05, 3.63) is 29.9 Å². The largest absolute Gasteiger partial charge is 0.444 e. The summed E-state index contributed by atoms with van der Waals surface area (Å²) < 4.78 is 5.60. The van der Waals surface area contributed by atoms with Gasteiger partial charge in [0.1, 0.15) is 5.60 Å². The second-order valence-electron chi connectivity index (χ2n) is 7.48. The molecule has 3 heterocycles. The Labute approximate surface area is 137 Å². The molecule has 0 aromatic carbocycles. The monoisotopic (exact) mass is 315 g/mol. The maximum Gasteiger partial charge on any atom is 0.411 e. The van der Waals surface area contributed by atoms with Crippen LogP contribution in [-0.4, -0.2) is 38.6 Å². The first-order valence-corrected chi connectivity index (χ1v) is 8.34. The minimum atomic E-state index is -0.461. The molecule has 1 saturated heterocycles. The van der Waals surface area contributed by atoms with Crippen LogP contribution in [0, 0.1) is 6.92 Å². The van der Waals surface area contributed by atoms with Gasteiger partial charge in [0, 0.05) is 12.2 Å². The highest BCUT2D eigenvalue weighted by Crippen LogP contribution is 2.37. The molecule has 3 rings (SSSR count). The Balaban J connectivity index is 1.86. The maximum atomic E-state index is 12.6. The molecule has 0 radical (unpaired) electrons. The molecule has 2 unspecified atom stereocenters. The van der Waals surface area contributed by atoms with Crippen molar-refractivity contribution in [2.24, 2.45) is 0 Å². The molecule has 2 atom stereocenters. The summed E-state index contributed by atoms with van der Waals surface area (Å²) in [4.78, 5) is 23.3. The minimum absolute atomic E-state index is 0.106. The first-order chi connectivity index (χ1) is 10.8. The SMILES string of the molecule is Cc1cncc(C2=CC3CCCC(C2)N3C(=O)OC(C)(C)C)n1. The Morgan fingerprint density at radius 2 is 2.09 bits per heavy atom. The molecule has 5 heteroatoms. The summed E-state index contributed by atoms with van der Waals surface area (Å²) in [5.41, 5.74) is 2.60. The number of fused-ring (bicyclic) bond motifs is 2. The number of nitrogens with zero attached hydrogens (tertiary/aromatic N) is 3. The number of carbonyl (C=O) groups is 1. The van der Waals surface area contributed by atoms with Crippen molar-refractivity contribution in [3.8, 4) is 0 Å². The van der Waals surface area contributed by atoms with E-state index in [-0.39, 0.29) is 18.2 Å². The minimum Gasteiger partial charge on any atom is -0.444 e. The van der Waals surface area contributed by atoms with E-state index in [1.807, 2.05) is 38.8 Å². The second kappa shape index (κ2) is 5.95. The Morgan fingerprint density at radius 1 is 1.30 bits per heavy atom. The fourth-order valence-corrected chi connectivity index (χ4v) is 3.44. The van der Waals surface area contributed by atoms with Crippen LogP contribution in [-0.2, 0) is 4.74 Å². The highest BCUT2D eigenvalue weighted by molar-refractivity contribution is 5.73. The Bertz CT molecular complexity index is 633. The highest BCUT2D eigenvalue weighted by atomic mass is 16.6. The van der Waals surface area contributed by atoms with Crippen LogP contribution in [0.15, 0.2) is 18.5 Å². The summed E-state index contributed by atoms with van der Waals surface area (Å²) in [5, 5.41) is 0. The summed E-state index contributed by atoms with van der Waals surface area (Å²) in [6.45, 7) is 7.68. The Morgan fingerprint density at radius 3 is 2.74 bits per heavy atom. The zero-order valence-corrected chi connectivity index (χ0v) is 14.4. The average molecular weight is 315 g/mol. The molecular formula is C18H25N3O2. The zero-order valence-electron chi connectivity index (χ0n) is 14.4. The lowest BCUT2D eigenvalue weighted by Crippen LogP contribution is -2.53. The van der Waals surface area contributed by atoms with Crippen LogP contribution in [0.25, 0.3) is 5.57 Å². The third-order valence-corrected chi connectivity index (χ3v) is 4.33. The highest BCUT2D eigenvalue weighted by Gasteiger charge is 2.39. The molecule has 0 aliphatic carbocycles. The predicted molar refractivity (Wildman–Crippen MR) is 88.9 cm³/mol. The van der Waals surface area contributed by atoms with Crippen molar-refractivity contribution in [3.63, 3.8) is 0 Å². The van der Waals surface area contributed by atoms with Crippen LogP contribution >= 0.6 is 0 Å². The number of rotatable bonds is 1. The first-order valence-electron chi connectivity index (χ1n) is 8.34. The molecule has 1 aromatic rings. The molecule has 124 valence electrons. The fourth-order valence-electron chi connectivity index (χ4n) is 3.44. The normalized spacial score (nSPS) is 24.2. The van der Waals surface area contributed by atoms with E-state index in [0.29, 0.717) is 0 Å². The van der Waals surface area contributed by atoms with E-state index in [2.05, 4.69) is 16.0 Å². The fraction of sp³-hybridized carbons (Fsp3) is 0.611. The number of piperidine rings is 1. The van der Waals surface area contributed by atoms with Crippen LogP contribution in [0.2, 0.25) is 0 Å². The van der Waals surface area contributed by atoms with Gasteiger partial charge in [0.2, 0.25) is 0 Å². The molecule has 1 fully saturated rings. The van der Waals surface area contributed by atoms with Crippen LogP contribution in [0.5, 0.6) is 0 Å². The van der Waals surface area contributed by atoms with Gasteiger partial charge in [-0.05, 0) is 59.0 Å². The molecule has 0 spiro atoms. The van der Waals surface area contributed by atoms with E-state index in [9.17, 15) is 4.79 Å².